The average Bonchev–Trinajstić information content (AvgIpc) is 3.53. The first kappa shape index (κ1) is 20.8. The van der Waals surface area contributed by atoms with Gasteiger partial charge in [0.05, 0.1) is 21.8 Å². The van der Waals surface area contributed by atoms with Gasteiger partial charge in [-0.3, -0.25) is 0 Å². The van der Waals surface area contributed by atoms with Crippen LogP contribution in [0.15, 0.2) is 99.4 Å². The average molecular weight is 470 g/mol. The Balaban J connectivity index is 1.36. The van der Waals surface area contributed by atoms with Crippen molar-refractivity contribution < 1.29 is 0 Å². The second kappa shape index (κ2) is 8.54. The predicted octanol–water partition coefficient (Wildman–Crippen LogP) is 7.31. The normalized spacial score (nSPS) is 21.4. The van der Waals surface area contributed by atoms with Crippen LogP contribution in [-0.2, 0) is 6.42 Å². The smallest absolute Gasteiger partial charge is 0.0988 e. The molecule has 0 radical (unpaired) electrons. The summed E-state index contributed by atoms with van der Waals surface area (Å²) in [6.07, 6.45) is 10.3. The minimum atomic E-state index is 0.335. The Morgan fingerprint density at radius 3 is 2.58 bits per heavy atom. The maximum absolute atomic E-state index is 3.50. The molecular formula is C28H27N3S2. The Morgan fingerprint density at radius 1 is 0.970 bits per heavy atom. The van der Waals surface area contributed by atoms with Crippen LogP contribution in [0.1, 0.15) is 25.1 Å². The van der Waals surface area contributed by atoms with Crippen LogP contribution in [0, 0.1) is 0 Å². The fourth-order valence-corrected chi connectivity index (χ4v) is 7.52. The first-order chi connectivity index (χ1) is 16.2. The Hall–Kier alpha value is -2.76. The van der Waals surface area contributed by atoms with Crippen LogP contribution in [0.5, 0.6) is 0 Å². The van der Waals surface area contributed by atoms with Gasteiger partial charge in [0.15, 0.2) is 0 Å². The van der Waals surface area contributed by atoms with Crippen molar-refractivity contribution in [3.05, 3.63) is 101 Å². The number of nitrogens with zero attached hydrogens (tertiary/aromatic N) is 2. The molecule has 0 amide bonds. The summed E-state index contributed by atoms with van der Waals surface area (Å²) in [6.45, 7) is 6.45. The molecule has 2 aliphatic heterocycles. The minimum Gasteiger partial charge on any atom is -0.364 e. The van der Waals surface area contributed by atoms with Gasteiger partial charge in [0.2, 0.25) is 0 Å². The highest BCUT2D eigenvalue weighted by Crippen LogP contribution is 2.47. The van der Waals surface area contributed by atoms with E-state index in [0.29, 0.717) is 5.37 Å². The summed E-state index contributed by atoms with van der Waals surface area (Å²) in [5, 5.41) is 1.64. The van der Waals surface area contributed by atoms with E-state index in [1.165, 1.54) is 48.6 Å². The molecule has 5 heteroatoms. The number of fused-ring (bicyclic) bond motifs is 3. The van der Waals surface area contributed by atoms with Crippen LogP contribution in [0.25, 0.3) is 5.57 Å². The van der Waals surface area contributed by atoms with E-state index in [-0.39, 0.29) is 0 Å². The van der Waals surface area contributed by atoms with Crippen molar-refractivity contribution in [1.29, 1.82) is 0 Å². The number of allylic oxidation sites excluding steroid dienone is 4. The SMILES string of the molecule is CCN1/C(=C/C2=CC(=C/C3Sc4ccccc4N3CC)/Cc3[nH]ccc32)Sc2ccccc21. The Bertz CT molecular complexity index is 1300. The molecule has 3 heterocycles. The van der Waals surface area contributed by atoms with Crippen LogP contribution < -0.4 is 9.80 Å². The van der Waals surface area contributed by atoms with E-state index >= 15 is 0 Å². The lowest BCUT2D eigenvalue weighted by Gasteiger charge is -2.24. The van der Waals surface area contributed by atoms with E-state index < -0.39 is 0 Å². The molecule has 166 valence electrons. The topological polar surface area (TPSA) is 22.3 Å². The predicted molar refractivity (Wildman–Crippen MR) is 143 cm³/mol. The van der Waals surface area contributed by atoms with Gasteiger partial charge in [0.25, 0.3) is 0 Å². The summed E-state index contributed by atoms with van der Waals surface area (Å²) >= 11 is 3.83. The van der Waals surface area contributed by atoms with Gasteiger partial charge in [-0.25, -0.2) is 0 Å². The number of hydrogen-bond acceptors (Lipinski definition) is 4. The van der Waals surface area contributed by atoms with Crippen LogP contribution >= 0.6 is 23.5 Å². The number of para-hydroxylation sites is 2. The van der Waals surface area contributed by atoms with Crippen LogP contribution in [-0.4, -0.2) is 23.4 Å². The number of aromatic nitrogens is 1. The summed E-state index contributed by atoms with van der Waals surface area (Å²) in [4.78, 5) is 11.1. The van der Waals surface area contributed by atoms with E-state index in [1.807, 2.05) is 23.5 Å². The lowest BCUT2D eigenvalue weighted by Crippen LogP contribution is -2.27. The summed E-state index contributed by atoms with van der Waals surface area (Å²) in [7, 11) is 0. The van der Waals surface area contributed by atoms with Gasteiger partial charge in [-0.15, -0.1) is 0 Å². The fraction of sp³-hybridized carbons (Fsp3) is 0.214. The molecule has 1 unspecified atom stereocenters. The van der Waals surface area contributed by atoms with Crippen LogP contribution in [0.2, 0.25) is 0 Å². The summed E-state index contributed by atoms with van der Waals surface area (Å²) in [5.41, 5.74) is 7.97. The zero-order chi connectivity index (χ0) is 22.4. The molecule has 2 aromatic carbocycles. The second-order valence-electron chi connectivity index (χ2n) is 8.45. The van der Waals surface area contributed by atoms with Crippen molar-refractivity contribution in [3.63, 3.8) is 0 Å². The van der Waals surface area contributed by atoms with Crippen LogP contribution in [0.4, 0.5) is 11.4 Å². The quantitative estimate of drug-likeness (QED) is 0.432. The molecule has 33 heavy (non-hydrogen) atoms. The molecule has 1 atom stereocenters. The largest absolute Gasteiger partial charge is 0.364 e. The molecule has 0 saturated heterocycles. The van der Waals surface area contributed by atoms with Gasteiger partial charge in [-0.1, -0.05) is 53.9 Å². The summed E-state index contributed by atoms with van der Waals surface area (Å²) in [5.74, 6) is 0. The van der Waals surface area contributed by atoms with Crippen molar-refractivity contribution >= 4 is 40.5 Å². The van der Waals surface area contributed by atoms with Gasteiger partial charge in [-0.05, 0) is 67.5 Å². The van der Waals surface area contributed by atoms with E-state index in [0.717, 1.165) is 19.5 Å². The number of likely N-dealkylation sites (N-methyl/N-ethyl adjacent to an activating group) is 1. The van der Waals surface area contributed by atoms with Crippen LogP contribution in [0.3, 0.4) is 0 Å². The minimum absolute atomic E-state index is 0.335. The third kappa shape index (κ3) is 3.64. The molecule has 0 spiro atoms. The number of anilines is 2. The van der Waals surface area contributed by atoms with Gasteiger partial charge >= 0.3 is 0 Å². The molecule has 6 rings (SSSR count). The number of thioether (sulfide) groups is 2. The van der Waals surface area contributed by atoms with Crippen molar-refractivity contribution in [2.75, 3.05) is 22.9 Å². The lowest BCUT2D eigenvalue weighted by molar-refractivity contribution is 0.871. The van der Waals surface area contributed by atoms with E-state index in [9.17, 15) is 0 Å². The molecule has 0 fully saturated rings. The Kier molecular flexibility index (Phi) is 5.39. The van der Waals surface area contributed by atoms with Crippen molar-refractivity contribution in [2.45, 2.75) is 35.4 Å². The number of hydrogen-bond donors (Lipinski definition) is 1. The molecule has 3 aliphatic rings. The van der Waals surface area contributed by atoms with E-state index in [1.54, 1.807) is 0 Å². The molecule has 1 aliphatic carbocycles. The van der Waals surface area contributed by atoms with Gasteiger partial charge in [-0.2, -0.15) is 0 Å². The van der Waals surface area contributed by atoms with E-state index in [2.05, 4.69) is 108 Å². The fourth-order valence-electron chi connectivity index (χ4n) is 4.98. The van der Waals surface area contributed by atoms with Gasteiger partial charge in [0.1, 0.15) is 0 Å². The van der Waals surface area contributed by atoms with Crippen molar-refractivity contribution in [2.24, 2.45) is 0 Å². The molecule has 0 bridgehead atoms. The highest BCUT2D eigenvalue weighted by atomic mass is 32.2. The zero-order valence-electron chi connectivity index (χ0n) is 18.9. The molecule has 1 aromatic heterocycles. The second-order valence-corrected chi connectivity index (χ2v) is 10.7. The van der Waals surface area contributed by atoms with Gasteiger partial charge in [0, 0.05) is 46.8 Å². The van der Waals surface area contributed by atoms with Gasteiger partial charge < -0.3 is 14.8 Å². The highest BCUT2D eigenvalue weighted by Gasteiger charge is 2.29. The molecule has 1 N–H and O–H groups in total. The number of rotatable bonds is 4. The molecule has 3 nitrogen and oxygen atoms in total. The van der Waals surface area contributed by atoms with Crippen molar-refractivity contribution in [3.8, 4) is 0 Å². The zero-order valence-corrected chi connectivity index (χ0v) is 20.5. The number of benzene rings is 2. The number of H-pyrrole nitrogens is 1. The standard InChI is InChI=1S/C28H27N3S2/c1-3-30-23-9-5-7-11-25(23)32-27(30)17-19-15-20(21-13-14-29-22(21)16-19)18-28-31(4-2)24-10-6-8-12-26(24)33-28/h5-15,17-18,27,29H,3-4,16H2,1-2H3/b19-17-,28-18-. The van der Waals surface area contributed by atoms with E-state index in [4.69, 9.17) is 0 Å². The molecule has 0 saturated carbocycles. The molecular weight excluding hydrogens is 442 g/mol. The first-order valence-electron chi connectivity index (χ1n) is 11.6. The first-order valence-corrected chi connectivity index (χ1v) is 13.3. The Labute approximate surface area is 204 Å². The monoisotopic (exact) mass is 469 g/mol. The lowest BCUT2D eigenvalue weighted by atomic mass is 9.92. The highest BCUT2D eigenvalue weighted by molar-refractivity contribution is 8.03. The third-order valence-electron chi connectivity index (χ3n) is 6.52. The third-order valence-corrected chi connectivity index (χ3v) is 8.87. The summed E-state index contributed by atoms with van der Waals surface area (Å²) in [6, 6.07) is 19.7. The maximum atomic E-state index is 3.50. The number of aromatic amines is 1. The van der Waals surface area contributed by atoms with Crippen molar-refractivity contribution in [1.82, 2.24) is 4.98 Å². The Morgan fingerprint density at radius 2 is 1.76 bits per heavy atom. The molecule has 3 aromatic rings. The summed E-state index contributed by atoms with van der Waals surface area (Å²) < 4.78 is 0. The number of nitrogens with one attached hydrogen (secondary N) is 1. The maximum Gasteiger partial charge on any atom is 0.0988 e.